The minimum atomic E-state index is 0.344. The molecule has 21 heavy (non-hydrogen) atoms. The zero-order valence-electron chi connectivity index (χ0n) is 12.7. The predicted molar refractivity (Wildman–Crippen MR) is 87.8 cm³/mol. The van der Waals surface area contributed by atoms with E-state index in [-0.39, 0.29) is 0 Å². The topological polar surface area (TPSA) is 12.0 Å². The van der Waals surface area contributed by atoms with Gasteiger partial charge in [-0.2, -0.15) is 0 Å². The Hall–Kier alpha value is -1.60. The summed E-state index contributed by atoms with van der Waals surface area (Å²) in [5, 5.41) is 3.51. The third kappa shape index (κ3) is 2.11. The zero-order valence-corrected chi connectivity index (χ0v) is 12.7. The van der Waals surface area contributed by atoms with Crippen molar-refractivity contribution in [1.82, 2.24) is 5.32 Å². The summed E-state index contributed by atoms with van der Waals surface area (Å²) >= 11 is 0. The van der Waals surface area contributed by atoms with Gasteiger partial charge in [0.1, 0.15) is 0 Å². The summed E-state index contributed by atoms with van der Waals surface area (Å²) in [5.41, 5.74) is 6.58. The van der Waals surface area contributed by atoms with Crippen molar-refractivity contribution in [2.24, 2.45) is 0 Å². The Balaban J connectivity index is 1.87. The molecule has 2 atom stereocenters. The van der Waals surface area contributed by atoms with Gasteiger partial charge in [-0.1, -0.05) is 48.5 Å². The van der Waals surface area contributed by atoms with E-state index in [2.05, 4.69) is 60.9 Å². The van der Waals surface area contributed by atoms with Gasteiger partial charge in [0.15, 0.2) is 0 Å². The van der Waals surface area contributed by atoms with E-state index in [4.69, 9.17) is 0 Å². The lowest BCUT2D eigenvalue weighted by molar-refractivity contribution is 0.421. The lowest BCUT2D eigenvalue weighted by Gasteiger charge is -2.31. The molecule has 1 heteroatoms. The van der Waals surface area contributed by atoms with E-state index in [1.54, 1.807) is 16.7 Å². The van der Waals surface area contributed by atoms with E-state index in [1.807, 2.05) is 0 Å². The molecule has 2 aromatic rings. The van der Waals surface area contributed by atoms with Crippen molar-refractivity contribution in [3.8, 4) is 0 Å². The number of benzene rings is 2. The Labute approximate surface area is 127 Å². The molecule has 2 aliphatic carbocycles. The predicted octanol–water partition coefficient (Wildman–Crippen LogP) is 3.84. The van der Waals surface area contributed by atoms with Crippen molar-refractivity contribution < 1.29 is 0 Å². The average Bonchev–Trinajstić information content (AvgIpc) is 2.87. The quantitative estimate of drug-likeness (QED) is 0.835. The molecule has 2 unspecified atom stereocenters. The molecule has 2 aliphatic rings. The van der Waals surface area contributed by atoms with Crippen LogP contribution in [0.2, 0.25) is 0 Å². The van der Waals surface area contributed by atoms with Crippen molar-refractivity contribution in [3.05, 3.63) is 70.8 Å². The first-order valence-electron chi connectivity index (χ1n) is 8.13. The Kier molecular flexibility index (Phi) is 3.11. The Morgan fingerprint density at radius 1 is 0.952 bits per heavy atom. The van der Waals surface area contributed by atoms with Crippen LogP contribution in [0.25, 0.3) is 0 Å². The van der Waals surface area contributed by atoms with Crippen LogP contribution < -0.4 is 5.32 Å². The fraction of sp³-hybridized carbons (Fsp3) is 0.400. The molecular formula is C20H23N. The molecule has 4 rings (SSSR count). The van der Waals surface area contributed by atoms with Gasteiger partial charge in [0.05, 0.1) is 0 Å². The van der Waals surface area contributed by atoms with Crippen LogP contribution >= 0.6 is 0 Å². The zero-order chi connectivity index (χ0) is 14.3. The summed E-state index contributed by atoms with van der Waals surface area (Å²) in [6, 6.07) is 18.9. The minimum Gasteiger partial charge on any atom is -0.317 e. The molecule has 1 fully saturated rings. The van der Waals surface area contributed by atoms with Crippen LogP contribution in [0.1, 0.15) is 41.5 Å². The summed E-state index contributed by atoms with van der Waals surface area (Å²) < 4.78 is 0. The first kappa shape index (κ1) is 13.1. The molecule has 0 amide bonds. The molecule has 0 aromatic heterocycles. The van der Waals surface area contributed by atoms with Gasteiger partial charge in [0, 0.05) is 11.5 Å². The molecule has 1 saturated carbocycles. The summed E-state index contributed by atoms with van der Waals surface area (Å²) in [4.78, 5) is 0. The van der Waals surface area contributed by atoms with Crippen LogP contribution in [0.15, 0.2) is 48.5 Å². The molecule has 0 radical (unpaired) electrons. The van der Waals surface area contributed by atoms with Crippen LogP contribution in [-0.4, -0.2) is 13.1 Å². The van der Waals surface area contributed by atoms with Gasteiger partial charge < -0.3 is 5.32 Å². The van der Waals surface area contributed by atoms with Crippen molar-refractivity contribution >= 4 is 0 Å². The van der Waals surface area contributed by atoms with E-state index >= 15 is 0 Å². The van der Waals surface area contributed by atoms with Gasteiger partial charge in [0.25, 0.3) is 0 Å². The number of rotatable bonds is 1. The van der Waals surface area contributed by atoms with Gasteiger partial charge in [-0.15, -0.1) is 0 Å². The summed E-state index contributed by atoms with van der Waals surface area (Å²) in [6.07, 6.45) is 6.18. The molecular weight excluding hydrogens is 254 g/mol. The second-order valence-corrected chi connectivity index (χ2v) is 6.79. The first-order chi connectivity index (χ1) is 10.3. The highest BCUT2D eigenvalue weighted by Gasteiger charge is 2.42. The van der Waals surface area contributed by atoms with E-state index in [0.29, 0.717) is 11.5 Å². The standard InChI is InChI=1S/C20H23N/c1-21-18-10-11-20(14-18)13-17-8-3-2-6-15(17)12-16-7-4-5-9-19(16)20/h2-9,18,21H,10-14H2,1H3. The Morgan fingerprint density at radius 2 is 1.67 bits per heavy atom. The van der Waals surface area contributed by atoms with Crippen LogP contribution in [0, 0.1) is 0 Å². The SMILES string of the molecule is CNC1CCC2(Cc3ccccc3Cc3ccccc32)C1. The molecule has 1 nitrogen and oxygen atoms in total. The summed E-state index contributed by atoms with van der Waals surface area (Å²) in [7, 11) is 2.11. The maximum atomic E-state index is 3.51. The summed E-state index contributed by atoms with van der Waals surface area (Å²) in [5.74, 6) is 0. The van der Waals surface area contributed by atoms with Crippen LogP contribution in [0.4, 0.5) is 0 Å². The van der Waals surface area contributed by atoms with Crippen molar-refractivity contribution in [2.75, 3.05) is 7.05 Å². The van der Waals surface area contributed by atoms with Gasteiger partial charge in [0.2, 0.25) is 0 Å². The largest absolute Gasteiger partial charge is 0.317 e. The monoisotopic (exact) mass is 277 g/mol. The van der Waals surface area contributed by atoms with E-state index < -0.39 is 0 Å². The second kappa shape index (κ2) is 4.99. The molecule has 108 valence electrons. The fourth-order valence-corrected chi connectivity index (χ4v) is 4.54. The highest BCUT2D eigenvalue weighted by Crippen LogP contribution is 2.47. The van der Waals surface area contributed by atoms with Crippen LogP contribution in [0.5, 0.6) is 0 Å². The molecule has 0 bridgehead atoms. The maximum absolute atomic E-state index is 3.51. The smallest absolute Gasteiger partial charge is 0.00729 e. The average molecular weight is 277 g/mol. The van der Waals surface area contributed by atoms with Crippen LogP contribution in [0.3, 0.4) is 0 Å². The molecule has 0 aliphatic heterocycles. The van der Waals surface area contributed by atoms with E-state index in [0.717, 1.165) is 6.42 Å². The fourth-order valence-electron chi connectivity index (χ4n) is 4.54. The summed E-state index contributed by atoms with van der Waals surface area (Å²) in [6.45, 7) is 0. The second-order valence-electron chi connectivity index (χ2n) is 6.79. The Bertz CT molecular complexity index is 660. The van der Waals surface area contributed by atoms with Crippen molar-refractivity contribution in [2.45, 2.75) is 43.6 Å². The van der Waals surface area contributed by atoms with Crippen molar-refractivity contribution in [3.63, 3.8) is 0 Å². The highest BCUT2D eigenvalue weighted by atomic mass is 14.9. The molecule has 0 heterocycles. The first-order valence-corrected chi connectivity index (χ1v) is 8.13. The van der Waals surface area contributed by atoms with E-state index in [9.17, 15) is 0 Å². The van der Waals surface area contributed by atoms with Gasteiger partial charge in [-0.3, -0.25) is 0 Å². The normalized spacial score (nSPS) is 27.2. The van der Waals surface area contributed by atoms with Crippen molar-refractivity contribution in [1.29, 1.82) is 0 Å². The number of hydrogen-bond donors (Lipinski definition) is 1. The third-order valence-electron chi connectivity index (χ3n) is 5.63. The van der Waals surface area contributed by atoms with Gasteiger partial charge in [-0.05, 0) is 61.4 Å². The Morgan fingerprint density at radius 3 is 2.43 bits per heavy atom. The number of nitrogens with one attached hydrogen (secondary N) is 1. The molecule has 0 saturated heterocycles. The van der Waals surface area contributed by atoms with Gasteiger partial charge in [-0.25, -0.2) is 0 Å². The molecule has 2 aromatic carbocycles. The highest BCUT2D eigenvalue weighted by molar-refractivity contribution is 5.46. The van der Waals surface area contributed by atoms with Gasteiger partial charge >= 0.3 is 0 Å². The van der Waals surface area contributed by atoms with E-state index in [1.165, 1.54) is 31.2 Å². The minimum absolute atomic E-state index is 0.344. The van der Waals surface area contributed by atoms with Crippen LogP contribution in [-0.2, 0) is 18.3 Å². The maximum Gasteiger partial charge on any atom is 0.00729 e. The lowest BCUT2D eigenvalue weighted by atomic mass is 9.73. The molecule has 1 spiro atoms. The third-order valence-corrected chi connectivity index (χ3v) is 5.63. The lowest BCUT2D eigenvalue weighted by Crippen LogP contribution is -2.30. The number of fused-ring (bicyclic) bond motifs is 3. The number of hydrogen-bond acceptors (Lipinski definition) is 1. The molecule has 1 N–H and O–H groups in total.